The fraction of sp³-hybridized carbons (Fsp3) is 0.0769. The minimum Gasteiger partial charge on any atom is -0.334 e. The molecule has 94 valence electrons. The first-order chi connectivity index (χ1) is 9.24. The molecule has 3 aromatic rings. The molecule has 3 heterocycles. The topological polar surface area (TPSA) is 73.8 Å². The van der Waals surface area contributed by atoms with Crippen LogP contribution in [0.2, 0.25) is 0 Å². The van der Waals surface area contributed by atoms with Crippen LogP contribution < -0.4 is 5.56 Å². The fourth-order valence-corrected chi connectivity index (χ4v) is 1.67. The number of aromatic nitrogens is 4. The summed E-state index contributed by atoms with van der Waals surface area (Å²) in [5, 5.41) is 3.90. The average molecular weight is 254 g/mol. The van der Waals surface area contributed by atoms with Crippen LogP contribution in [0, 0.1) is 0 Å². The minimum atomic E-state index is -0.0836. The summed E-state index contributed by atoms with van der Waals surface area (Å²) in [6, 6.07) is 6.77. The molecular formula is C13H10N4O2. The Morgan fingerprint density at radius 2 is 2.11 bits per heavy atom. The monoisotopic (exact) mass is 254 g/mol. The summed E-state index contributed by atoms with van der Waals surface area (Å²) >= 11 is 0. The zero-order valence-electron chi connectivity index (χ0n) is 10.1. The molecule has 0 aromatic carbocycles. The van der Waals surface area contributed by atoms with E-state index < -0.39 is 0 Å². The SMILES string of the molecule is Cn1cc(-c2noc(-c3cccnc3)n2)ccc1=O. The van der Waals surface area contributed by atoms with Crippen molar-refractivity contribution in [3.63, 3.8) is 0 Å². The molecule has 19 heavy (non-hydrogen) atoms. The van der Waals surface area contributed by atoms with E-state index in [2.05, 4.69) is 15.1 Å². The summed E-state index contributed by atoms with van der Waals surface area (Å²) in [6.45, 7) is 0. The molecule has 0 aliphatic carbocycles. The summed E-state index contributed by atoms with van der Waals surface area (Å²) in [6.07, 6.45) is 4.99. The largest absolute Gasteiger partial charge is 0.334 e. The van der Waals surface area contributed by atoms with Crippen molar-refractivity contribution in [2.45, 2.75) is 0 Å². The van der Waals surface area contributed by atoms with Crippen molar-refractivity contribution >= 4 is 0 Å². The van der Waals surface area contributed by atoms with Crippen molar-refractivity contribution in [3.8, 4) is 22.8 Å². The normalized spacial score (nSPS) is 10.6. The molecule has 0 saturated carbocycles. The molecule has 0 spiro atoms. The van der Waals surface area contributed by atoms with Crippen molar-refractivity contribution in [2.75, 3.05) is 0 Å². The Hall–Kier alpha value is -2.76. The fourth-order valence-electron chi connectivity index (χ4n) is 1.67. The number of rotatable bonds is 2. The van der Waals surface area contributed by atoms with Crippen LogP contribution in [0.4, 0.5) is 0 Å². The lowest BCUT2D eigenvalue weighted by Crippen LogP contribution is -2.14. The summed E-state index contributed by atoms with van der Waals surface area (Å²) in [4.78, 5) is 19.6. The molecule has 0 N–H and O–H groups in total. The van der Waals surface area contributed by atoms with Gasteiger partial charge in [0.25, 0.3) is 5.89 Å². The highest BCUT2D eigenvalue weighted by Gasteiger charge is 2.10. The van der Waals surface area contributed by atoms with Gasteiger partial charge in [0.2, 0.25) is 11.4 Å². The van der Waals surface area contributed by atoms with Crippen molar-refractivity contribution in [1.29, 1.82) is 0 Å². The second kappa shape index (κ2) is 4.49. The maximum atomic E-state index is 11.3. The summed E-state index contributed by atoms with van der Waals surface area (Å²) < 4.78 is 6.65. The van der Waals surface area contributed by atoms with E-state index in [9.17, 15) is 4.79 Å². The first-order valence-corrected chi connectivity index (χ1v) is 5.65. The molecule has 0 atom stereocenters. The molecular weight excluding hydrogens is 244 g/mol. The van der Waals surface area contributed by atoms with Crippen molar-refractivity contribution in [3.05, 3.63) is 53.2 Å². The average Bonchev–Trinajstić information content (AvgIpc) is 2.93. The van der Waals surface area contributed by atoms with Gasteiger partial charge in [0.05, 0.1) is 5.56 Å². The minimum absolute atomic E-state index is 0.0836. The van der Waals surface area contributed by atoms with E-state index in [1.165, 1.54) is 10.6 Å². The van der Waals surface area contributed by atoms with Crippen LogP contribution in [0.1, 0.15) is 0 Å². The van der Waals surface area contributed by atoms with E-state index in [0.717, 1.165) is 11.1 Å². The van der Waals surface area contributed by atoms with Gasteiger partial charge in [0, 0.05) is 37.3 Å². The summed E-state index contributed by atoms with van der Waals surface area (Å²) in [5.41, 5.74) is 1.40. The lowest BCUT2D eigenvalue weighted by molar-refractivity contribution is 0.432. The Morgan fingerprint density at radius 1 is 1.21 bits per heavy atom. The van der Waals surface area contributed by atoms with E-state index >= 15 is 0 Å². The maximum absolute atomic E-state index is 11.3. The number of nitrogens with zero attached hydrogens (tertiary/aromatic N) is 4. The van der Waals surface area contributed by atoms with Crippen LogP contribution in [-0.2, 0) is 7.05 Å². The Labute approximate surface area is 108 Å². The zero-order chi connectivity index (χ0) is 13.2. The lowest BCUT2D eigenvalue weighted by atomic mass is 10.2. The molecule has 0 amide bonds. The van der Waals surface area contributed by atoms with Crippen molar-refractivity contribution in [1.82, 2.24) is 19.7 Å². The molecule has 0 radical (unpaired) electrons. The van der Waals surface area contributed by atoms with Crippen LogP contribution in [0.5, 0.6) is 0 Å². The van der Waals surface area contributed by atoms with Crippen LogP contribution in [0.3, 0.4) is 0 Å². The highest BCUT2D eigenvalue weighted by Crippen LogP contribution is 2.20. The first-order valence-electron chi connectivity index (χ1n) is 5.65. The number of hydrogen-bond donors (Lipinski definition) is 0. The van der Waals surface area contributed by atoms with Crippen LogP contribution in [0.25, 0.3) is 22.8 Å². The molecule has 0 aliphatic rings. The van der Waals surface area contributed by atoms with E-state index in [1.54, 1.807) is 37.8 Å². The van der Waals surface area contributed by atoms with E-state index in [-0.39, 0.29) is 5.56 Å². The third-order valence-corrected chi connectivity index (χ3v) is 2.68. The smallest absolute Gasteiger partial charge is 0.259 e. The van der Waals surface area contributed by atoms with E-state index in [4.69, 9.17) is 4.52 Å². The molecule has 6 nitrogen and oxygen atoms in total. The number of hydrogen-bond acceptors (Lipinski definition) is 5. The standard InChI is InChI=1S/C13H10N4O2/c1-17-8-10(4-5-11(17)18)12-15-13(19-16-12)9-3-2-6-14-7-9/h2-8H,1H3. The molecule has 6 heteroatoms. The van der Waals surface area contributed by atoms with Gasteiger partial charge in [-0.05, 0) is 18.2 Å². The quantitative estimate of drug-likeness (QED) is 0.692. The molecule has 0 fully saturated rings. The number of pyridine rings is 2. The van der Waals surface area contributed by atoms with Gasteiger partial charge in [-0.15, -0.1) is 0 Å². The molecule has 3 aromatic heterocycles. The molecule has 0 aliphatic heterocycles. The Morgan fingerprint density at radius 3 is 2.84 bits per heavy atom. The second-order valence-electron chi connectivity index (χ2n) is 4.03. The predicted molar refractivity (Wildman–Crippen MR) is 68.2 cm³/mol. The number of aryl methyl sites for hydroxylation is 1. The van der Waals surface area contributed by atoms with Crippen LogP contribution in [-0.4, -0.2) is 19.7 Å². The van der Waals surface area contributed by atoms with Gasteiger partial charge in [0.1, 0.15) is 0 Å². The highest BCUT2D eigenvalue weighted by atomic mass is 16.5. The van der Waals surface area contributed by atoms with Gasteiger partial charge < -0.3 is 9.09 Å². The van der Waals surface area contributed by atoms with Gasteiger partial charge in [-0.2, -0.15) is 4.98 Å². The molecule has 0 unspecified atom stereocenters. The van der Waals surface area contributed by atoms with Crippen LogP contribution >= 0.6 is 0 Å². The predicted octanol–water partition coefficient (Wildman–Crippen LogP) is 1.50. The summed E-state index contributed by atoms with van der Waals surface area (Å²) in [7, 11) is 1.67. The van der Waals surface area contributed by atoms with E-state index in [1.807, 2.05) is 6.07 Å². The third kappa shape index (κ3) is 2.15. The Kier molecular flexibility index (Phi) is 2.68. The van der Waals surface area contributed by atoms with Crippen LogP contribution in [0.15, 0.2) is 52.2 Å². The first kappa shape index (κ1) is 11.3. The Bertz CT molecular complexity index is 762. The van der Waals surface area contributed by atoms with Gasteiger partial charge in [-0.1, -0.05) is 5.16 Å². The second-order valence-corrected chi connectivity index (χ2v) is 4.03. The maximum Gasteiger partial charge on any atom is 0.259 e. The summed E-state index contributed by atoms with van der Waals surface area (Å²) in [5.74, 6) is 0.839. The van der Waals surface area contributed by atoms with Crippen molar-refractivity contribution in [2.24, 2.45) is 7.05 Å². The Balaban J connectivity index is 2.01. The van der Waals surface area contributed by atoms with E-state index in [0.29, 0.717) is 11.7 Å². The third-order valence-electron chi connectivity index (χ3n) is 2.68. The molecule has 0 bridgehead atoms. The highest BCUT2D eigenvalue weighted by molar-refractivity contribution is 5.58. The van der Waals surface area contributed by atoms with Gasteiger partial charge in [-0.25, -0.2) is 0 Å². The van der Waals surface area contributed by atoms with Crippen molar-refractivity contribution < 1.29 is 4.52 Å². The molecule has 0 saturated heterocycles. The molecule has 3 rings (SSSR count). The van der Waals surface area contributed by atoms with Gasteiger partial charge in [0.15, 0.2) is 0 Å². The van der Waals surface area contributed by atoms with Gasteiger partial charge in [-0.3, -0.25) is 9.78 Å². The lowest BCUT2D eigenvalue weighted by Gasteiger charge is -1.97. The zero-order valence-corrected chi connectivity index (χ0v) is 10.1. The van der Waals surface area contributed by atoms with Gasteiger partial charge >= 0.3 is 0 Å².